The van der Waals surface area contributed by atoms with E-state index in [-0.39, 0.29) is 17.2 Å². The van der Waals surface area contributed by atoms with Crippen molar-refractivity contribution < 1.29 is 9.90 Å². The highest BCUT2D eigenvalue weighted by Gasteiger charge is 2.21. The van der Waals surface area contributed by atoms with E-state index in [0.29, 0.717) is 10.6 Å². The molecule has 0 aliphatic heterocycles. The maximum absolute atomic E-state index is 12.9. The van der Waals surface area contributed by atoms with Crippen LogP contribution in [0.5, 0.6) is 5.75 Å². The topological polar surface area (TPSA) is 79.5 Å². The number of hydrogen-bond donors (Lipinski definition) is 2. The molecule has 24 heavy (non-hydrogen) atoms. The second kappa shape index (κ2) is 5.79. The second-order valence-electron chi connectivity index (χ2n) is 6.00. The summed E-state index contributed by atoms with van der Waals surface area (Å²) in [7, 11) is 1.72. The molecular weight excluding hydrogens is 322 g/mol. The molecule has 0 spiro atoms. The van der Waals surface area contributed by atoms with Crippen molar-refractivity contribution in [3.63, 3.8) is 0 Å². The van der Waals surface area contributed by atoms with E-state index >= 15 is 0 Å². The lowest BCUT2D eigenvalue weighted by Crippen LogP contribution is -2.27. The van der Waals surface area contributed by atoms with Gasteiger partial charge in [-0.05, 0) is 38.0 Å². The fraction of sp³-hybridized carbons (Fsp3) is 0.222. The maximum Gasteiger partial charge on any atom is 0.261 e. The Balaban J connectivity index is 2.07. The van der Waals surface area contributed by atoms with Crippen molar-refractivity contribution in [1.82, 2.24) is 4.98 Å². The Labute approximate surface area is 144 Å². The molecule has 0 saturated heterocycles. The number of hydrogen-bond acceptors (Lipinski definition) is 5. The van der Waals surface area contributed by atoms with Gasteiger partial charge in [0.05, 0.1) is 15.8 Å². The first-order valence-corrected chi connectivity index (χ1v) is 8.34. The number of thiazole rings is 1. The molecule has 124 valence electrons. The van der Waals surface area contributed by atoms with Crippen LogP contribution >= 0.6 is 11.3 Å². The van der Waals surface area contributed by atoms with Crippen molar-refractivity contribution in [2.45, 2.75) is 20.8 Å². The molecule has 3 rings (SSSR count). The number of phenols is 1. The second-order valence-corrected chi connectivity index (χ2v) is 7.06. The van der Waals surface area contributed by atoms with Crippen LogP contribution in [0.1, 0.15) is 27.0 Å². The SMILES string of the molecule is Cc1cc(C)c(N(C)C(=O)c2cc3sc(N)nc3cc2O)c(C)c1. The lowest BCUT2D eigenvalue weighted by Gasteiger charge is -2.23. The molecule has 0 atom stereocenters. The van der Waals surface area contributed by atoms with E-state index in [1.54, 1.807) is 18.0 Å². The maximum atomic E-state index is 12.9. The van der Waals surface area contributed by atoms with Crippen molar-refractivity contribution >= 4 is 38.3 Å². The van der Waals surface area contributed by atoms with Gasteiger partial charge in [-0.3, -0.25) is 4.79 Å². The van der Waals surface area contributed by atoms with Crippen LogP contribution in [0.25, 0.3) is 10.2 Å². The number of nitrogen functional groups attached to an aromatic ring is 1. The van der Waals surface area contributed by atoms with E-state index in [1.165, 1.54) is 17.4 Å². The number of nitrogens with two attached hydrogens (primary N) is 1. The quantitative estimate of drug-likeness (QED) is 0.743. The minimum Gasteiger partial charge on any atom is -0.507 e. The Kier molecular flexibility index (Phi) is 3.93. The number of rotatable bonds is 2. The molecule has 1 aromatic heterocycles. The summed E-state index contributed by atoms with van der Waals surface area (Å²) < 4.78 is 0.777. The molecule has 3 aromatic rings. The summed E-state index contributed by atoms with van der Waals surface area (Å²) in [4.78, 5) is 18.6. The highest BCUT2D eigenvalue weighted by Crippen LogP contribution is 2.33. The Hall–Kier alpha value is -2.60. The number of benzene rings is 2. The number of aromatic hydroxyl groups is 1. The Bertz CT molecular complexity index is 939. The number of fused-ring (bicyclic) bond motifs is 1. The fourth-order valence-electron chi connectivity index (χ4n) is 3.14. The summed E-state index contributed by atoms with van der Waals surface area (Å²) in [5.41, 5.74) is 10.6. The number of carbonyl (C=O) groups excluding carboxylic acids is 1. The molecule has 2 aromatic carbocycles. The number of phenolic OH excluding ortho intramolecular Hbond substituents is 1. The highest BCUT2D eigenvalue weighted by atomic mass is 32.1. The first-order valence-electron chi connectivity index (χ1n) is 7.53. The average Bonchev–Trinajstić information content (AvgIpc) is 2.83. The summed E-state index contributed by atoms with van der Waals surface area (Å²) in [5.74, 6) is -0.358. The molecule has 3 N–H and O–H groups in total. The van der Waals surface area contributed by atoms with Crippen molar-refractivity contribution in [2.75, 3.05) is 17.7 Å². The van der Waals surface area contributed by atoms with Gasteiger partial charge in [-0.1, -0.05) is 29.0 Å². The Morgan fingerprint density at radius 3 is 2.42 bits per heavy atom. The van der Waals surface area contributed by atoms with E-state index in [4.69, 9.17) is 5.73 Å². The lowest BCUT2D eigenvalue weighted by atomic mass is 10.0. The molecule has 0 aliphatic rings. The first-order chi connectivity index (χ1) is 11.3. The Morgan fingerprint density at radius 1 is 1.17 bits per heavy atom. The third-order valence-corrected chi connectivity index (χ3v) is 4.88. The minimum atomic E-state index is -0.267. The van der Waals surface area contributed by atoms with Gasteiger partial charge in [-0.15, -0.1) is 0 Å². The zero-order chi connectivity index (χ0) is 17.6. The van der Waals surface area contributed by atoms with E-state index in [2.05, 4.69) is 4.98 Å². The van der Waals surface area contributed by atoms with Crippen LogP contribution in [0.3, 0.4) is 0 Å². The molecule has 0 saturated carbocycles. The molecular formula is C18H19N3O2S. The van der Waals surface area contributed by atoms with Gasteiger partial charge < -0.3 is 15.7 Å². The van der Waals surface area contributed by atoms with Crippen molar-refractivity contribution in [3.8, 4) is 5.75 Å². The third-order valence-electron chi connectivity index (χ3n) is 4.03. The largest absolute Gasteiger partial charge is 0.507 e. The summed E-state index contributed by atoms with van der Waals surface area (Å²) in [6, 6.07) is 7.21. The van der Waals surface area contributed by atoms with Gasteiger partial charge in [0, 0.05) is 18.8 Å². The lowest BCUT2D eigenvalue weighted by molar-refractivity contribution is 0.0990. The van der Waals surface area contributed by atoms with Crippen molar-refractivity contribution in [2.24, 2.45) is 0 Å². The summed E-state index contributed by atoms with van der Waals surface area (Å²) in [6.45, 7) is 5.98. The van der Waals surface area contributed by atoms with Crippen LogP contribution in [0.15, 0.2) is 24.3 Å². The zero-order valence-electron chi connectivity index (χ0n) is 14.0. The molecule has 6 heteroatoms. The van der Waals surface area contributed by atoms with Crippen LogP contribution in [0, 0.1) is 20.8 Å². The Morgan fingerprint density at radius 2 is 1.79 bits per heavy atom. The number of aryl methyl sites for hydroxylation is 3. The normalized spacial score (nSPS) is 11.0. The minimum absolute atomic E-state index is 0.0907. The number of aromatic nitrogens is 1. The van der Waals surface area contributed by atoms with Crippen LogP contribution in [-0.2, 0) is 0 Å². The number of amides is 1. The van der Waals surface area contributed by atoms with Crippen molar-refractivity contribution in [1.29, 1.82) is 0 Å². The van der Waals surface area contributed by atoms with E-state index in [1.807, 2.05) is 32.9 Å². The predicted molar refractivity (Wildman–Crippen MR) is 99.1 cm³/mol. The van der Waals surface area contributed by atoms with Crippen LogP contribution in [0.4, 0.5) is 10.8 Å². The fourth-order valence-corrected chi connectivity index (χ4v) is 3.89. The summed E-state index contributed by atoms with van der Waals surface area (Å²) in [6.07, 6.45) is 0. The average molecular weight is 341 g/mol. The van der Waals surface area contributed by atoms with E-state index < -0.39 is 0 Å². The molecule has 5 nitrogen and oxygen atoms in total. The number of nitrogens with zero attached hydrogens (tertiary/aromatic N) is 2. The van der Waals surface area contributed by atoms with Gasteiger partial charge >= 0.3 is 0 Å². The molecule has 0 unspecified atom stereocenters. The molecule has 1 amide bonds. The predicted octanol–water partition coefficient (Wildman–Crippen LogP) is 3.79. The van der Waals surface area contributed by atoms with Gasteiger partial charge in [-0.2, -0.15) is 0 Å². The molecule has 0 fully saturated rings. The summed E-state index contributed by atoms with van der Waals surface area (Å²) in [5, 5.41) is 10.7. The molecule has 0 aliphatic carbocycles. The molecule has 0 radical (unpaired) electrons. The van der Waals surface area contributed by atoms with E-state index in [9.17, 15) is 9.90 Å². The van der Waals surface area contributed by atoms with Gasteiger partial charge in [0.2, 0.25) is 0 Å². The van der Waals surface area contributed by atoms with Gasteiger partial charge in [0.15, 0.2) is 5.13 Å². The van der Waals surface area contributed by atoms with E-state index in [0.717, 1.165) is 27.1 Å². The molecule has 0 bridgehead atoms. The van der Waals surface area contributed by atoms with Gasteiger partial charge in [0.1, 0.15) is 5.75 Å². The van der Waals surface area contributed by atoms with Crippen LogP contribution in [0.2, 0.25) is 0 Å². The first kappa shape index (κ1) is 16.3. The van der Waals surface area contributed by atoms with Crippen molar-refractivity contribution in [3.05, 3.63) is 46.5 Å². The standard InChI is InChI=1S/C18H19N3O2S/c1-9-5-10(2)16(11(3)6-9)21(4)17(23)12-7-15-13(8-14(12)22)20-18(19)24-15/h5-8,22H,1-4H3,(H2,19,20). The van der Waals surface area contributed by atoms with Gasteiger partial charge in [-0.25, -0.2) is 4.98 Å². The number of anilines is 2. The number of carbonyl (C=O) groups is 1. The zero-order valence-corrected chi connectivity index (χ0v) is 14.9. The summed E-state index contributed by atoms with van der Waals surface area (Å²) >= 11 is 1.29. The van der Waals surface area contributed by atoms with Gasteiger partial charge in [0.25, 0.3) is 5.91 Å². The molecule has 1 heterocycles. The third kappa shape index (κ3) is 2.69. The highest BCUT2D eigenvalue weighted by molar-refractivity contribution is 7.22. The van der Waals surface area contributed by atoms with Crippen LogP contribution < -0.4 is 10.6 Å². The smallest absolute Gasteiger partial charge is 0.261 e. The monoisotopic (exact) mass is 341 g/mol. The van der Waals surface area contributed by atoms with Crippen LogP contribution in [-0.4, -0.2) is 23.0 Å².